The second-order valence-corrected chi connectivity index (χ2v) is 5.96. The average Bonchev–Trinajstić information content (AvgIpc) is 2.40. The van der Waals surface area contributed by atoms with E-state index in [2.05, 4.69) is 60.1 Å². The van der Waals surface area contributed by atoms with Crippen LogP contribution in [0.15, 0.2) is 6.07 Å². The van der Waals surface area contributed by atoms with Crippen molar-refractivity contribution in [2.45, 2.75) is 60.0 Å². The lowest BCUT2D eigenvalue weighted by Gasteiger charge is -2.30. The molecule has 1 heterocycles. The lowest BCUT2D eigenvalue weighted by molar-refractivity contribution is 0.182. The molecule has 5 heteroatoms. The summed E-state index contributed by atoms with van der Waals surface area (Å²) in [5.74, 6) is 2.59. The SMILES string of the molecule is CCCNc1cc(NCCN(C(C)C)C(C)C)nc(C)n1. The van der Waals surface area contributed by atoms with Crippen LogP contribution in [0.3, 0.4) is 0 Å². The monoisotopic (exact) mass is 293 g/mol. The minimum absolute atomic E-state index is 0.556. The largest absolute Gasteiger partial charge is 0.370 e. The molecule has 0 radical (unpaired) electrons. The Bertz CT molecular complexity index is 409. The molecule has 120 valence electrons. The molecule has 1 rings (SSSR count). The number of hydrogen-bond acceptors (Lipinski definition) is 5. The average molecular weight is 293 g/mol. The fourth-order valence-electron chi connectivity index (χ4n) is 2.43. The Hall–Kier alpha value is -1.36. The number of hydrogen-bond donors (Lipinski definition) is 2. The third-order valence-electron chi connectivity index (χ3n) is 3.40. The van der Waals surface area contributed by atoms with Gasteiger partial charge in [0, 0.05) is 37.8 Å². The molecule has 0 spiro atoms. The molecule has 5 nitrogen and oxygen atoms in total. The second-order valence-electron chi connectivity index (χ2n) is 5.96. The first kappa shape index (κ1) is 17.7. The molecule has 0 saturated carbocycles. The zero-order valence-corrected chi connectivity index (χ0v) is 14.4. The third kappa shape index (κ3) is 6.29. The van der Waals surface area contributed by atoms with Crippen molar-refractivity contribution in [1.29, 1.82) is 0 Å². The maximum absolute atomic E-state index is 4.45. The molecular weight excluding hydrogens is 262 g/mol. The first-order valence-corrected chi connectivity index (χ1v) is 8.03. The number of aromatic nitrogens is 2. The first-order valence-electron chi connectivity index (χ1n) is 8.03. The number of nitrogens with one attached hydrogen (secondary N) is 2. The zero-order valence-electron chi connectivity index (χ0n) is 14.4. The van der Waals surface area contributed by atoms with E-state index in [-0.39, 0.29) is 0 Å². The molecule has 0 atom stereocenters. The van der Waals surface area contributed by atoms with Gasteiger partial charge in [-0.1, -0.05) is 6.92 Å². The standard InChI is InChI=1S/C16H31N5/c1-7-8-17-15-11-16(20-14(6)19-15)18-9-10-21(12(2)3)13(4)5/h11-13H,7-10H2,1-6H3,(H2,17,18,19,20). The number of nitrogens with zero attached hydrogens (tertiary/aromatic N) is 3. The van der Waals surface area contributed by atoms with E-state index in [9.17, 15) is 0 Å². The maximum atomic E-state index is 4.45. The highest BCUT2D eigenvalue weighted by Crippen LogP contribution is 2.11. The molecule has 0 aliphatic rings. The molecule has 0 saturated heterocycles. The molecule has 0 aliphatic heterocycles. The Kier molecular flexibility index (Phi) is 7.43. The summed E-state index contributed by atoms with van der Waals surface area (Å²) in [6, 6.07) is 3.10. The summed E-state index contributed by atoms with van der Waals surface area (Å²) in [5, 5.41) is 6.72. The Morgan fingerprint density at radius 3 is 2.00 bits per heavy atom. The number of rotatable bonds is 9. The van der Waals surface area contributed by atoms with Crippen molar-refractivity contribution in [2.75, 3.05) is 30.3 Å². The van der Waals surface area contributed by atoms with Crippen molar-refractivity contribution >= 4 is 11.6 Å². The molecule has 2 N–H and O–H groups in total. The van der Waals surface area contributed by atoms with Crippen LogP contribution >= 0.6 is 0 Å². The Morgan fingerprint density at radius 2 is 1.52 bits per heavy atom. The van der Waals surface area contributed by atoms with E-state index in [4.69, 9.17) is 0 Å². The van der Waals surface area contributed by atoms with Crippen LogP contribution in [0.1, 0.15) is 46.9 Å². The Balaban J connectivity index is 2.56. The summed E-state index contributed by atoms with van der Waals surface area (Å²) in [5.41, 5.74) is 0. The fourth-order valence-corrected chi connectivity index (χ4v) is 2.43. The van der Waals surface area contributed by atoms with Gasteiger partial charge in [-0.25, -0.2) is 9.97 Å². The molecule has 0 aliphatic carbocycles. The van der Waals surface area contributed by atoms with Crippen molar-refractivity contribution in [1.82, 2.24) is 14.9 Å². The number of aryl methyl sites for hydroxylation is 1. The predicted molar refractivity (Wildman–Crippen MR) is 91.0 cm³/mol. The quantitative estimate of drug-likeness (QED) is 0.732. The van der Waals surface area contributed by atoms with Crippen LogP contribution in [0.4, 0.5) is 11.6 Å². The smallest absolute Gasteiger partial charge is 0.131 e. The molecule has 0 unspecified atom stereocenters. The van der Waals surface area contributed by atoms with Gasteiger partial charge in [-0.05, 0) is 41.0 Å². The van der Waals surface area contributed by atoms with E-state index in [1.165, 1.54) is 0 Å². The fraction of sp³-hybridized carbons (Fsp3) is 0.750. The van der Waals surface area contributed by atoms with Gasteiger partial charge in [0.05, 0.1) is 0 Å². The summed E-state index contributed by atoms with van der Waals surface area (Å²) in [7, 11) is 0. The second kappa shape index (κ2) is 8.82. The van der Waals surface area contributed by atoms with Gasteiger partial charge in [0.1, 0.15) is 17.5 Å². The normalized spacial score (nSPS) is 11.5. The highest BCUT2D eigenvalue weighted by Gasteiger charge is 2.12. The molecule has 1 aromatic rings. The van der Waals surface area contributed by atoms with Crippen LogP contribution in [0.25, 0.3) is 0 Å². The van der Waals surface area contributed by atoms with Crippen molar-refractivity contribution in [2.24, 2.45) is 0 Å². The van der Waals surface area contributed by atoms with Gasteiger partial charge < -0.3 is 10.6 Å². The highest BCUT2D eigenvalue weighted by atomic mass is 15.2. The van der Waals surface area contributed by atoms with Crippen molar-refractivity contribution in [3.63, 3.8) is 0 Å². The molecular formula is C16H31N5. The lowest BCUT2D eigenvalue weighted by Crippen LogP contribution is -2.40. The maximum Gasteiger partial charge on any atom is 0.131 e. The molecule has 0 amide bonds. The van der Waals surface area contributed by atoms with E-state index in [1.54, 1.807) is 0 Å². The van der Waals surface area contributed by atoms with Crippen LogP contribution < -0.4 is 10.6 Å². The predicted octanol–water partition coefficient (Wildman–Crippen LogP) is 3.14. The molecule has 1 aromatic heterocycles. The lowest BCUT2D eigenvalue weighted by atomic mass is 10.2. The van der Waals surface area contributed by atoms with Gasteiger partial charge in [-0.3, -0.25) is 4.90 Å². The Morgan fingerprint density at radius 1 is 1.00 bits per heavy atom. The van der Waals surface area contributed by atoms with Gasteiger partial charge in [0.25, 0.3) is 0 Å². The Labute approximate surface area is 129 Å². The molecule has 0 fully saturated rings. The van der Waals surface area contributed by atoms with E-state index in [0.717, 1.165) is 43.5 Å². The zero-order chi connectivity index (χ0) is 15.8. The van der Waals surface area contributed by atoms with E-state index in [0.29, 0.717) is 12.1 Å². The van der Waals surface area contributed by atoms with Crippen LogP contribution in [-0.2, 0) is 0 Å². The van der Waals surface area contributed by atoms with Gasteiger partial charge in [0.2, 0.25) is 0 Å². The first-order chi connectivity index (χ1) is 9.93. The summed E-state index contributed by atoms with van der Waals surface area (Å²) in [6.45, 7) is 15.9. The molecule has 0 aromatic carbocycles. The van der Waals surface area contributed by atoms with E-state index >= 15 is 0 Å². The van der Waals surface area contributed by atoms with Crippen molar-refractivity contribution < 1.29 is 0 Å². The molecule has 0 bridgehead atoms. The summed E-state index contributed by atoms with van der Waals surface area (Å²) in [4.78, 5) is 11.3. The summed E-state index contributed by atoms with van der Waals surface area (Å²) in [6.07, 6.45) is 1.09. The van der Waals surface area contributed by atoms with Crippen LogP contribution in [-0.4, -0.2) is 46.6 Å². The van der Waals surface area contributed by atoms with Crippen LogP contribution in [0.2, 0.25) is 0 Å². The third-order valence-corrected chi connectivity index (χ3v) is 3.40. The highest BCUT2D eigenvalue weighted by molar-refractivity contribution is 5.47. The minimum Gasteiger partial charge on any atom is -0.370 e. The summed E-state index contributed by atoms with van der Waals surface area (Å²) < 4.78 is 0. The van der Waals surface area contributed by atoms with E-state index < -0.39 is 0 Å². The van der Waals surface area contributed by atoms with Crippen LogP contribution in [0, 0.1) is 6.92 Å². The minimum atomic E-state index is 0.556. The van der Waals surface area contributed by atoms with Crippen molar-refractivity contribution in [3.8, 4) is 0 Å². The van der Waals surface area contributed by atoms with Crippen LogP contribution in [0.5, 0.6) is 0 Å². The van der Waals surface area contributed by atoms with Gasteiger partial charge in [0.15, 0.2) is 0 Å². The van der Waals surface area contributed by atoms with Crippen molar-refractivity contribution in [3.05, 3.63) is 11.9 Å². The van der Waals surface area contributed by atoms with E-state index in [1.807, 2.05) is 13.0 Å². The molecule has 21 heavy (non-hydrogen) atoms. The van der Waals surface area contributed by atoms with Gasteiger partial charge in [-0.2, -0.15) is 0 Å². The summed E-state index contributed by atoms with van der Waals surface area (Å²) >= 11 is 0. The number of anilines is 2. The van der Waals surface area contributed by atoms with Gasteiger partial charge in [-0.15, -0.1) is 0 Å². The topological polar surface area (TPSA) is 53.1 Å². The van der Waals surface area contributed by atoms with Gasteiger partial charge >= 0.3 is 0 Å².